The van der Waals surface area contributed by atoms with Crippen molar-refractivity contribution in [3.05, 3.63) is 53.6 Å². The molecule has 1 amide bonds. The lowest BCUT2D eigenvalue weighted by Gasteiger charge is -2.22. The number of sulfonamides is 1. The van der Waals surface area contributed by atoms with Crippen molar-refractivity contribution in [2.24, 2.45) is 0 Å². The summed E-state index contributed by atoms with van der Waals surface area (Å²) in [6, 6.07) is 8.65. The SMILES string of the molecule is CCn1ncc(C(=O)N2C[C@@H](NS(C)(=O)=O)C[C@H]2c2nc(-c3ccccc3)n[nH]2)c1C. The molecule has 0 unspecified atom stereocenters. The maximum absolute atomic E-state index is 13.4. The second-order valence-corrected chi connectivity index (χ2v) is 9.45. The fourth-order valence-corrected chi connectivity index (χ4v) is 4.75. The second-order valence-electron chi connectivity index (χ2n) is 7.67. The van der Waals surface area contributed by atoms with Crippen molar-refractivity contribution < 1.29 is 13.2 Å². The summed E-state index contributed by atoms with van der Waals surface area (Å²) in [6.07, 6.45) is 3.07. The van der Waals surface area contributed by atoms with Crippen molar-refractivity contribution in [3.63, 3.8) is 0 Å². The molecule has 2 atom stereocenters. The van der Waals surface area contributed by atoms with E-state index in [1.165, 1.54) is 0 Å². The van der Waals surface area contributed by atoms with Crippen LogP contribution in [0.15, 0.2) is 36.5 Å². The molecule has 4 rings (SSSR count). The standard InChI is InChI=1S/C20H25N7O3S/c1-4-27-13(2)16(11-21-27)20(28)26-12-15(25-31(3,29)30)10-17(26)19-22-18(23-24-19)14-8-6-5-7-9-14/h5-9,11,15,17,25H,4,10,12H2,1-3H3,(H,22,23,24)/t15-,17-/m0/s1. The van der Waals surface area contributed by atoms with Gasteiger partial charge in [0.25, 0.3) is 5.91 Å². The molecule has 1 fully saturated rings. The molecular formula is C20H25N7O3S. The third-order valence-corrected chi connectivity index (χ3v) is 6.19. The van der Waals surface area contributed by atoms with Crippen molar-refractivity contribution in [2.45, 2.75) is 38.9 Å². The molecule has 0 spiro atoms. The molecule has 1 aliphatic heterocycles. The van der Waals surface area contributed by atoms with Gasteiger partial charge in [0, 0.05) is 30.4 Å². The van der Waals surface area contributed by atoms with E-state index in [1.807, 2.05) is 44.2 Å². The smallest absolute Gasteiger partial charge is 0.257 e. The number of aryl methyl sites for hydroxylation is 1. The van der Waals surface area contributed by atoms with E-state index in [9.17, 15) is 13.2 Å². The molecule has 1 aliphatic rings. The van der Waals surface area contributed by atoms with Gasteiger partial charge in [-0.05, 0) is 20.3 Å². The van der Waals surface area contributed by atoms with Crippen molar-refractivity contribution in [3.8, 4) is 11.4 Å². The number of H-pyrrole nitrogens is 1. The molecule has 164 valence electrons. The summed E-state index contributed by atoms with van der Waals surface area (Å²) in [5.41, 5.74) is 2.12. The van der Waals surface area contributed by atoms with Gasteiger partial charge in [-0.15, -0.1) is 0 Å². The summed E-state index contributed by atoms with van der Waals surface area (Å²) < 4.78 is 28.0. The van der Waals surface area contributed by atoms with Crippen LogP contribution in [0, 0.1) is 6.92 Å². The minimum absolute atomic E-state index is 0.210. The number of aromatic amines is 1. The van der Waals surface area contributed by atoms with Crippen LogP contribution in [0.3, 0.4) is 0 Å². The Bertz CT molecular complexity index is 1190. The minimum Gasteiger partial charge on any atom is -0.327 e. The molecule has 31 heavy (non-hydrogen) atoms. The molecule has 0 bridgehead atoms. The molecule has 0 aliphatic carbocycles. The van der Waals surface area contributed by atoms with Crippen LogP contribution in [-0.4, -0.2) is 63.0 Å². The van der Waals surface area contributed by atoms with Crippen LogP contribution in [-0.2, 0) is 16.6 Å². The van der Waals surface area contributed by atoms with Crippen LogP contribution >= 0.6 is 0 Å². The number of hydrogen-bond donors (Lipinski definition) is 2. The zero-order valence-electron chi connectivity index (χ0n) is 17.6. The van der Waals surface area contributed by atoms with Gasteiger partial charge in [-0.1, -0.05) is 30.3 Å². The van der Waals surface area contributed by atoms with E-state index in [0.29, 0.717) is 30.2 Å². The van der Waals surface area contributed by atoms with Gasteiger partial charge in [-0.25, -0.2) is 18.1 Å². The van der Waals surface area contributed by atoms with Gasteiger partial charge in [0.05, 0.1) is 24.1 Å². The average Bonchev–Trinajstić information content (AvgIpc) is 3.45. The Balaban J connectivity index is 1.66. The highest BCUT2D eigenvalue weighted by molar-refractivity contribution is 7.88. The van der Waals surface area contributed by atoms with Crippen molar-refractivity contribution >= 4 is 15.9 Å². The van der Waals surface area contributed by atoms with Gasteiger partial charge in [0.15, 0.2) is 5.82 Å². The van der Waals surface area contributed by atoms with Crippen LogP contribution in [0.4, 0.5) is 0 Å². The lowest BCUT2D eigenvalue weighted by molar-refractivity contribution is 0.0727. The molecular weight excluding hydrogens is 418 g/mol. The Labute approximate surface area is 180 Å². The number of rotatable bonds is 6. The van der Waals surface area contributed by atoms with E-state index in [2.05, 4.69) is 25.0 Å². The van der Waals surface area contributed by atoms with E-state index >= 15 is 0 Å². The maximum Gasteiger partial charge on any atom is 0.257 e. The van der Waals surface area contributed by atoms with Crippen molar-refractivity contribution in [2.75, 3.05) is 12.8 Å². The van der Waals surface area contributed by atoms with Crippen LogP contribution in [0.2, 0.25) is 0 Å². The topological polar surface area (TPSA) is 126 Å². The summed E-state index contributed by atoms with van der Waals surface area (Å²) >= 11 is 0. The minimum atomic E-state index is -3.42. The maximum atomic E-state index is 13.4. The Kier molecular flexibility index (Phi) is 5.63. The fourth-order valence-electron chi connectivity index (χ4n) is 3.98. The Morgan fingerprint density at radius 3 is 2.68 bits per heavy atom. The summed E-state index contributed by atoms with van der Waals surface area (Å²) in [7, 11) is -3.42. The molecule has 2 aromatic heterocycles. The Hall–Kier alpha value is -3.05. The number of carbonyl (C=O) groups excluding carboxylic acids is 1. The van der Waals surface area contributed by atoms with Gasteiger partial charge in [-0.2, -0.15) is 10.2 Å². The van der Waals surface area contributed by atoms with E-state index < -0.39 is 22.1 Å². The van der Waals surface area contributed by atoms with Crippen molar-refractivity contribution in [1.82, 2.24) is 34.6 Å². The fraction of sp³-hybridized carbons (Fsp3) is 0.400. The number of amides is 1. The zero-order valence-corrected chi connectivity index (χ0v) is 18.4. The molecule has 3 heterocycles. The number of likely N-dealkylation sites (tertiary alicyclic amines) is 1. The predicted octanol–water partition coefficient (Wildman–Crippen LogP) is 1.50. The quantitative estimate of drug-likeness (QED) is 0.595. The monoisotopic (exact) mass is 443 g/mol. The first-order valence-electron chi connectivity index (χ1n) is 10.0. The van der Waals surface area contributed by atoms with Crippen LogP contribution in [0.25, 0.3) is 11.4 Å². The largest absolute Gasteiger partial charge is 0.327 e. The van der Waals surface area contributed by atoms with Gasteiger partial charge in [0.1, 0.15) is 5.82 Å². The van der Waals surface area contributed by atoms with E-state index in [1.54, 1.807) is 15.8 Å². The van der Waals surface area contributed by atoms with Gasteiger partial charge in [-0.3, -0.25) is 14.6 Å². The lowest BCUT2D eigenvalue weighted by Crippen LogP contribution is -2.38. The van der Waals surface area contributed by atoms with E-state index in [0.717, 1.165) is 17.5 Å². The molecule has 0 radical (unpaired) electrons. The van der Waals surface area contributed by atoms with Crippen LogP contribution in [0.5, 0.6) is 0 Å². The molecule has 3 aromatic rings. The summed E-state index contributed by atoms with van der Waals surface area (Å²) in [5, 5.41) is 11.5. The molecule has 0 saturated carbocycles. The van der Waals surface area contributed by atoms with Gasteiger partial charge < -0.3 is 4.90 Å². The summed E-state index contributed by atoms with van der Waals surface area (Å²) in [4.78, 5) is 19.6. The Morgan fingerprint density at radius 2 is 2.03 bits per heavy atom. The number of carbonyl (C=O) groups is 1. The van der Waals surface area contributed by atoms with Crippen molar-refractivity contribution in [1.29, 1.82) is 0 Å². The molecule has 2 N–H and O–H groups in total. The van der Waals surface area contributed by atoms with Crippen LogP contribution in [0.1, 0.15) is 41.3 Å². The summed E-state index contributed by atoms with van der Waals surface area (Å²) in [5.74, 6) is 0.834. The van der Waals surface area contributed by atoms with Gasteiger partial charge in [0.2, 0.25) is 10.0 Å². The molecule has 1 aromatic carbocycles. The highest BCUT2D eigenvalue weighted by atomic mass is 32.2. The molecule has 10 nitrogen and oxygen atoms in total. The third kappa shape index (κ3) is 4.37. The first-order chi connectivity index (χ1) is 14.8. The summed E-state index contributed by atoms with van der Waals surface area (Å²) in [6.45, 7) is 4.69. The third-order valence-electron chi connectivity index (χ3n) is 5.43. The number of nitrogens with zero attached hydrogens (tertiary/aromatic N) is 5. The first kappa shape index (κ1) is 21.2. The van der Waals surface area contributed by atoms with Gasteiger partial charge >= 0.3 is 0 Å². The molecule has 1 saturated heterocycles. The number of aromatic nitrogens is 5. The zero-order chi connectivity index (χ0) is 22.2. The predicted molar refractivity (Wildman–Crippen MR) is 115 cm³/mol. The lowest BCUT2D eigenvalue weighted by atomic mass is 10.1. The average molecular weight is 444 g/mol. The van der Waals surface area contributed by atoms with E-state index in [-0.39, 0.29) is 12.5 Å². The first-order valence-corrected chi connectivity index (χ1v) is 11.9. The highest BCUT2D eigenvalue weighted by Crippen LogP contribution is 2.33. The Morgan fingerprint density at radius 1 is 1.29 bits per heavy atom. The van der Waals surface area contributed by atoms with E-state index in [4.69, 9.17) is 0 Å². The molecule has 11 heteroatoms. The number of hydrogen-bond acceptors (Lipinski definition) is 6. The highest BCUT2D eigenvalue weighted by Gasteiger charge is 2.40. The number of nitrogens with one attached hydrogen (secondary N) is 2. The second kappa shape index (κ2) is 8.23. The number of benzene rings is 1. The van der Waals surface area contributed by atoms with Crippen LogP contribution < -0.4 is 4.72 Å². The normalized spacial score (nSPS) is 19.1.